The van der Waals surface area contributed by atoms with Gasteiger partial charge in [0.05, 0.1) is 23.5 Å². The zero-order chi connectivity index (χ0) is 22.3. The Hall–Kier alpha value is -3.23. The van der Waals surface area contributed by atoms with Gasteiger partial charge in [-0.1, -0.05) is 0 Å². The van der Waals surface area contributed by atoms with Gasteiger partial charge in [0.1, 0.15) is 29.7 Å². The molecule has 4 heterocycles. The Bertz CT molecular complexity index is 1090. The van der Waals surface area contributed by atoms with Gasteiger partial charge in [-0.25, -0.2) is 24.7 Å². The number of hydrogen-bond donors (Lipinski definition) is 0. The number of anilines is 1. The maximum atomic E-state index is 12.7. The van der Waals surface area contributed by atoms with E-state index in [0.29, 0.717) is 13.1 Å². The molecule has 4 rings (SSSR count). The Labute approximate surface area is 182 Å². The molecule has 1 saturated heterocycles. The summed E-state index contributed by atoms with van der Waals surface area (Å²) in [5.41, 5.74) is 2.22. The van der Waals surface area contributed by atoms with E-state index in [9.17, 15) is 4.79 Å². The van der Waals surface area contributed by atoms with Gasteiger partial charge in [-0.05, 0) is 47.1 Å². The third-order valence-electron chi connectivity index (χ3n) is 5.46. The summed E-state index contributed by atoms with van der Waals surface area (Å²) in [6.45, 7) is 13.1. The van der Waals surface area contributed by atoms with Crippen molar-refractivity contribution in [2.24, 2.45) is 0 Å². The van der Waals surface area contributed by atoms with Crippen molar-refractivity contribution in [1.29, 1.82) is 0 Å². The summed E-state index contributed by atoms with van der Waals surface area (Å²) in [6, 6.07) is 0.0607. The van der Waals surface area contributed by atoms with E-state index in [4.69, 9.17) is 4.74 Å². The molecule has 1 aliphatic heterocycles. The van der Waals surface area contributed by atoms with Crippen molar-refractivity contribution in [2.75, 3.05) is 18.0 Å². The molecule has 0 saturated carbocycles. The van der Waals surface area contributed by atoms with E-state index in [1.54, 1.807) is 18.7 Å². The topological polar surface area (TPSA) is 89.3 Å². The van der Waals surface area contributed by atoms with Crippen LogP contribution < -0.4 is 4.90 Å². The van der Waals surface area contributed by atoms with Crippen LogP contribution in [0.25, 0.3) is 16.7 Å². The normalized spacial score (nSPS) is 19.7. The fourth-order valence-electron chi connectivity index (χ4n) is 4.05. The lowest BCUT2D eigenvalue weighted by atomic mass is 10.1. The highest BCUT2D eigenvalue weighted by molar-refractivity contribution is 5.92. The second kappa shape index (κ2) is 7.79. The van der Waals surface area contributed by atoms with Crippen LogP contribution in [0, 0.1) is 6.92 Å². The third-order valence-corrected chi connectivity index (χ3v) is 5.46. The van der Waals surface area contributed by atoms with Crippen LogP contribution in [0.1, 0.15) is 40.2 Å². The van der Waals surface area contributed by atoms with E-state index in [0.717, 1.165) is 28.1 Å². The quantitative estimate of drug-likeness (QED) is 0.624. The second-order valence-electron chi connectivity index (χ2n) is 9.16. The molecule has 0 spiro atoms. The number of piperazine rings is 1. The Morgan fingerprint density at radius 1 is 1.06 bits per heavy atom. The molecule has 0 radical (unpaired) electrons. The largest absolute Gasteiger partial charge is 0.444 e. The Balaban J connectivity index is 1.67. The number of aryl methyl sites for hydroxylation is 1. The molecule has 9 nitrogen and oxygen atoms in total. The minimum absolute atomic E-state index is 0.0130. The number of ether oxygens (including phenoxy) is 1. The predicted octanol–water partition coefficient (Wildman–Crippen LogP) is 3.35. The maximum absolute atomic E-state index is 12.7. The molecule has 31 heavy (non-hydrogen) atoms. The number of nitrogens with zero attached hydrogens (tertiary/aromatic N) is 7. The van der Waals surface area contributed by atoms with Crippen molar-refractivity contribution in [1.82, 2.24) is 29.4 Å². The Kier molecular flexibility index (Phi) is 5.28. The first-order valence-electron chi connectivity index (χ1n) is 10.5. The van der Waals surface area contributed by atoms with E-state index >= 15 is 0 Å². The summed E-state index contributed by atoms with van der Waals surface area (Å²) >= 11 is 0. The summed E-state index contributed by atoms with van der Waals surface area (Å²) < 4.78 is 7.59. The van der Waals surface area contributed by atoms with Crippen molar-refractivity contribution in [3.8, 4) is 5.69 Å². The molecular weight excluding hydrogens is 394 g/mol. The number of carbonyl (C=O) groups is 1. The van der Waals surface area contributed by atoms with Gasteiger partial charge < -0.3 is 14.5 Å². The van der Waals surface area contributed by atoms with Crippen molar-refractivity contribution >= 4 is 22.9 Å². The lowest BCUT2D eigenvalue weighted by Gasteiger charge is -2.44. The highest BCUT2D eigenvalue weighted by atomic mass is 16.6. The number of hydrogen-bond acceptors (Lipinski definition) is 7. The zero-order valence-electron chi connectivity index (χ0n) is 18.9. The molecule has 0 aliphatic carbocycles. The second-order valence-corrected chi connectivity index (χ2v) is 9.16. The molecule has 1 amide bonds. The number of amides is 1. The number of fused-ring (bicyclic) bond motifs is 1. The molecular formula is C22H29N7O2. The first kappa shape index (κ1) is 21.0. The summed E-state index contributed by atoms with van der Waals surface area (Å²) in [5.74, 6) is 0.876. The van der Waals surface area contributed by atoms with E-state index in [-0.39, 0.29) is 18.2 Å². The Morgan fingerprint density at radius 3 is 2.45 bits per heavy atom. The minimum Gasteiger partial charge on any atom is -0.444 e. The molecule has 0 aromatic carbocycles. The fourth-order valence-corrected chi connectivity index (χ4v) is 4.05. The van der Waals surface area contributed by atoms with Crippen LogP contribution in [0.15, 0.2) is 31.2 Å². The standard InChI is InChI=1S/C22H29N7O2/c1-14-9-29(17-7-23-12-24-8-17)20-18(14)19(25-13-26-20)27-10-16(3)28(11-15(27)2)21(30)31-22(4,5)6/h7-9,12-13,15-16H,10-11H2,1-6H3/t15-,16+/m0/s1. The van der Waals surface area contributed by atoms with E-state index in [2.05, 4.69) is 38.7 Å². The first-order valence-corrected chi connectivity index (χ1v) is 10.5. The SMILES string of the molecule is Cc1cn(-c2cncnc2)c2ncnc(N3C[C@@H](C)N(C(=O)OC(C)(C)C)C[C@@H]3C)c12. The zero-order valence-corrected chi connectivity index (χ0v) is 18.9. The van der Waals surface area contributed by atoms with Gasteiger partial charge in [0.2, 0.25) is 0 Å². The maximum Gasteiger partial charge on any atom is 0.410 e. The lowest BCUT2D eigenvalue weighted by molar-refractivity contribution is 0.0130. The molecule has 1 fully saturated rings. The first-order chi connectivity index (χ1) is 14.7. The number of aromatic nitrogens is 5. The van der Waals surface area contributed by atoms with Gasteiger partial charge in [0.25, 0.3) is 0 Å². The Morgan fingerprint density at radius 2 is 1.77 bits per heavy atom. The molecule has 0 unspecified atom stereocenters. The van der Waals surface area contributed by atoms with Crippen molar-refractivity contribution in [3.63, 3.8) is 0 Å². The van der Waals surface area contributed by atoms with Crippen LogP contribution in [0.2, 0.25) is 0 Å². The van der Waals surface area contributed by atoms with Gasteiger partial charge in [-0.3, -0.25) is 4.57 Å². The van der Waals surface area contributed by atoms with Gasteiger partial charge in [-0.2, -0.15) is 0 Å². The molecule has 3 aromatic heterocycles. The van der Waals surface area contributed by atoms with Gasteiger partial charge >= 0.3 is 6.09 Å². The van der Waals surface area contributed by atoms with Crippen molar-refractivity contribution in [3.05, 3.63) is 36.8 Å². The van der Waals surface area contributed by atoms with E-state index < -0.39 is 5.60 Å². The smallest absolute Gasteiger partial charge is 0.410 e. The third kappa shape index (κ3) is 4.04. The van der Waals surface area contributed by atoms with E-state index in [1.807, 2.05) is 43.4 Å². The monoisotopic (exact) mass is 423 g/mol. The van der Waals surface area contributed by atoms with Crippen LogP contribution in [0.4, 0.5) is 10.6 Å². The average molecular weight is 424 g/mol. The summed E-state index contributed by atoms with van der Waals surface area (Å²) in [4.78, 5) is 34.2. The van der Waals surface area contributed by atoms with Crippen LogP contribution in [0.5, 0.6) is 0 Å². The summed E-state index contributed by atoms with van der Waals surface area (Å²) in [5, 5.41) is 0.996. The molecule has 2 atom stereocenters. The number of rotatable bonds is 2. The summed E-state index contributed by atoms with van der Waals surface area (Å²) in [6.07, 6.45) is 8.39. The molecule has 164 valence electrons. The van der Waals surface area contributed by atoms with Crippen LogP contribution in [-0.4, -0.2) is 66.3 Å². The van der Waals surface area contributed by atoms with Crippen LogP contribution in [-0.2, 0) is 4.74 Å². The molecule has 3 aromatic rings. The van der Waals surface area contributed by atoms with Crippen LogP contribution >= 0.6 is 0 Å². The predicted molar refractivity (Wildman–Crippen MR) is 118 cm³/mol. The number of carbonyl (C=O) groups excluding carboxylic acids is 1. The minimum atomic E-state index is -0.517. The fraction of sp³-hybridized carbons (Fsp3) is 0.500. The summed E-state index contributed by atoms with van der Waals surface area (Å²) in [7, 11) is 0. The molecule has 1 aliphatic rings. The van der Waals surface area contributed by atoms with Crippen molar-refractivity contribution in [2.45, 2.75) is 59.2 Å². The molecule has 0 N–H and O–H groups in total. The van der Waals surface area contributed by atoms with Crippen molar-refractivity contribution < 1.29 is 9.53 Å². The van der Waals surface area contributed by atoms with Gasteiger partial charge in [0.15, 0.2) is 0 Å². The van der Waals surface area contributed by atoms with Gasteiger partial charge in [-0.15, -0.1) is 0 Å². The van der Waals surface area contributed by atoms with E-state index in [1.165, 1.54) is 6.33 Å². The van der Waals surface area contributed by atoms with Crippen LogP contribution in [0.3, 0.4) is 0 Å². The van der Waals surface area contributed by atoms with Gasteiger partial charge in [0, 0.05) is 31.4 Å². The average Bonchev–Trinajstić information content (AvgIpc) is 3.06. The highest BCUT2D eigenvalue weighted by Crippen LogP contribution is 2.32. The lowest BCUT2D eigenvalue weighted by Crippen LogP contribution is -2.59. The highest BCUT2D eigenvalue weighted by Gasteiger charge is 2.36. The molecule has 9 heteroatoms. The molecule has 0 bridgehead atoms.